The minimum Gasteiger partial charge on any atom is -0.494 e. The van der Waals surface area contributed by atoms with Crippen LogP contribution in [0.15, 0.2) is 59.7 Å². The first-order chi connectivity index (χ1) is 11.7. The Balaban J connectivity index is 1.88. The molecular weight excluding hydrogens is 308 g/mol. The molecule has 0 atom stereocenters. The van der Waals surface area contributed by atoms with Gasteiger partial charge in [-0.25, -0.2) is 0 Å². The van der Waals surface area contributed by atoms with E-state index in [9.17, 15) is 10.1 Å². The molecule has 0 aromatic heterocycles. The Bertz CT molecular complexity index is 749. The SMILES string of the molecule is COc1ccccc1N1CN(Cc2ccccc2)CC([N+](=O)[O-])=N1. The van der Waals surface area contributed by atoms with Gasteiger partial charge in [0, 0.05) is 6.54 Å². The van der Waals surface area contributed by atoms with Crippen LogP contribution in [0.2, 0.25) is 0 Å². The summed E-state index contributed by atoms with van der Waals surface area (Å²) in [5.74, 6) is 0.550. The molecule has 1 heterocycles. The zero-order chi connectivity index (χ0) is 16.9. The molecule has 0 saturated carbocycles. The summed E-state index contributed by atoms with van der Waals surface area (Å²) in [6.45, 7) is 1.26. The third-order valence-corrected chi connectivity index (χ3v) is 3.76. The van der Waals surface area contributed by atoms with Crippen LogP contribution in [0.5, 0.6) is 5.75 Å². The van der Waals surface area contributed by atoms with Crippen LogP contribution in [0, 0.1) is 10.1 Å². The molecule has 0 fully saturated rings. The molecule has 0 bridgehead atoms. The van der Waals surface area contributed by atoms with Crippen LogP contribution >= 0.6 is 0 Å². The van der Waals surface area contributed by atoms with Gasteiger partial charge in [0.2, 0.25) is 0 Å². The maximum atomic E-state index is 11.3. The van der Waals surface area contributed by atoms with Gasteiger partial charge in [-0.2, -0.15) is 5.01 Å². The number of hydrazone groups is 1. The van der Waals surface area contributed by atoms with Crippen LogP contribution in [0.25, 0.3) is 0 Å². The number of nitro groups is 1. The standard InChI is InChI=1S/C17H18N4O3/c1-24-16-10-6-5-9-15(16)20-13-19(12-17(18-20)21(22)23)11-14-7-3-2-4-8-14/h2-10H,11-13H2,1H3. The summed E-state index contributed by atoms with van der Waals surface area (Å²) < 4.78 is 5.35. The highest BCUT2D eigenvalue weighted by atomic mass is 16.6. The van der Waals surface area contributed by atoms with Crippen molar-refractivity contribution in [1.82, 2.24) is 4.90 Å². The van der Waals surface area contributed by atoms with Gasteiger partial charge in [0.25, 0.3) is 0 Å². The Labute approximate surface area is 139 Å². The van der Waals surface area contributed by atoms with Gasteiger partial charge in [0.15, 0.2) is 0 Å². The lowest BCUT2D eigenvalue weighted by molar-refractivity contribution is -0.354. The van der Waals surface area contributed by atoms with E-state index in [0.717, 1.165) is 5.56 Å². The minimum atomic E-state index is -0.431. The van der Waals surface area contributed by atoms with E-state index >= 15 is 0 Å². The quantitative estimate of drug-likeness (QED) is 0.638. The van der Waals surface area contributed by atoms with Crippen LogP contribution in [-0.4, -0.2) is 36.0 Å². The van der Waals surface area contributed by atoms with E-state index in [2.05, 4.69) is 5.10 Å². The zero-order valence-electron chi connectivity index (χ0n) is 13.3. The molecule has 0 amide bonds. The predicted octanol–water partition coefficient (Wildman–Crippen LogP) is 2.57. The summed E-state index contributed by atoms with van der Waals surface area (Å²) in [4.78, 5) is 12.8. The Morgan fingerprint density at radius 2 is 1.88 bits per heavy atom. The maximum absolute atomic E-state index is 11.3. The predicted molar refractivity (Wildman–Crippen MR) is 91.6 cm³/mol. The van der Waals surface area contributed by atoms with Crippen molar-refractivity contribution in [3.63, 3.8) is 0 Å². The second kappa shape index (κ2) is 7.10. The van der Waals surface area contributed by atoms with Gasteiger partial charge in [0.05, 0.1) is 12.2 Å². The van der Waals surface area contributed by atoms with Crippen molar-refractivity contribution in [1.29, 1.82) is 0 Å². The average Bonchev–Trinajstić information content (AvgIpc) is 2.62. The number of para-hydroxylation sites is 2. The molecule has 7 heteroatoms. The van der Waals surface area contributed by atoms with Crippen molar-refractivity contribution in [3.8, 4) is 5.75 Å². The number of rotatable bonds is 4. The molecule has 0 radical (unpaired) electrons. The fourth-order valence-electron chi connectivity index (χ4n) is 2.66. The third-order valence-electron chi connectivity index (χ3n) is 3.76. The molecule has 0 spiro atoms. The molecule has 0 aliphatic carbocycles. The van der Waals surface area contributed by atoms with Crippen LogP contribution in [-0.2, 0) is 6.54 Å². The molecule has 1 aliphatic rings. The van der Waals surface area contributed by atoms with E-state index in [-0.39, 0.29) is 12.4 Å². The van der Waals surface area contributed by atoms with Crippen LogP contribution < -0.4 is 9.75 Å². The molecule has 3 rings (SSSR count). The highest BCUT2D eigenvalue weighted by molar-refractivity contribution is 5.79. The second-order valence-electron chi connectivity index (χ2n) is 5.46. The zero-order valence-corrected chi connectivity index (χ0v) is 13.3. The number of benzene rings is 2. The van der Waals surface area contributed by atoms with Gasteiger partial charge >= 0.3 is 5.84 Å². The van der Waals surface area contributed by atoms with Gasteiger partial charge in [-0.05, 0) is 22.6 Å². The number of ether oxygens (including phenoxy) is 1. The number of hydrogen-bond donors (Lipinski definition) is 0. The number of amidine groups is 1. The lowest BCUT2D eigenvalue weighted by Gasteiger charge is -2.28. The van der Waals surface area contributed by atoms with Gasteiger partial charge in [-0.3, -0.25) is 4.90 Å². The van der Waals surface area contributed by atoms with Gasteiger partial charge < -0.3 is 14.9 Å². The summed E-state index contributed by atoms with van der Waals surface area (Å²) in [6.07, 6.45) is 0. The van der Waals surface area contributed by atoms with E-state index in [1.165, 1.54) is 0 Å². The highest BCUT2D eigenvalue weighted by Crippen LogP contribution is 2.29. The molecule has 2 aromatic carbocycles. The monoisotopic (exact) mass is 326 g/mol. The lowest BCUT2D eigenvalue weighted by atomic mass is 10.2. The van der Waals surface area contributed by atoms with Gasteiger partial charge in [-0.15, -0.1) is 0 Å². The maximum Gasteiger partial charge on any atom is 0.378 e. The minimum absolute atomic E-state index is 0.0805. The molecule has 0 unspecified atom stereocenters. The van der Waals surface area contributed by atoms with E-state index in [1.807, 2.05) is 59.5 Å². The highest BCUT2D eigenvalue weighted by Gasteiger charge is 2.30. The fourth-order valence-corrected chi connectivity index (χ4v) is 2.66. The molecule has 2 aromatic rings. The van der Waals surface area contributed by atoms with E-state index in [1.54, 1.807) is 12.1 Å². The van der Waals surface area contributed by atoms with Crippen molar-refractivity contribution >= 4 is 11.5 Å². The first-order valence-corrected chi connectivity index (χ1v) is 7.56. The van der Waals surface area contributed by atoms with E-state index < -0.39 is 4.92 Å². The molecule has 7 nitrogen and oxygen atoms in total. The summed E-state index contributed by atoms with van der Waals surface area (Å²) in [5, 5.41) is 17.1. The summed E-state index contributed by atoms with van der Waals surface area (Å²) in [5.41, 5.74) is 1.80. The Kier molecular flexibility index (Phi) is 4.72. The number of nitrogens with zero attached hydrogens (tertiary/aromatic N) is 4. The number of methoxy groups -OCH3 is 1. The van der Waals surface area contributed by atoms with Crippen LogP contribution in [0.1, 0.15) is 5.56 Å². The van der Waals surface area contributed by atoms with Gasteiger partial charge in [-0.1, -0.05) is 42.5 Å². The normalized spacial score (nSPS) is 15.0. The van der Waals surface area contributed by atoms with Crippen molar-refractivity contribution < 1.29 is 9.66 Å². The van der Waals surface area contributed by atoms with Crippen LogP contribution in [0.3, 0.4) is 0 Å². The number of anilines is 1. The lowest BCUT2D eigenvalue weighted by Crippen LogP contribution is -2.45. The van der Waals surface area contributed by atoms with Crippen molar-refractivity contribution in [2.75, 3.05) is 25.3 Å². The average molecular weight is 326 g/mol. The number of hydrogen-bond acceptors (Lipinski definition) is 6. The Hall–Kier alpha value is -2.93. The fraction of sp³-hybridized carbons (Fsp3) is 0.235. The first kappa shape index (κ1) is 15.9. The van der Waals surface area contributed by atoms with E-state index in [0.29, 0.717) is 24.7 Å². The third kappa shape index (κ3) is 3.52. The van der Waals surface area contributed by atoms with E-state index in [4.69, 9.17) is 4.74 Å². The van der Waals surface area contributed by atoms with Crippen molar-refractivity contribution in [3.05, 3.63) is 70.3 Å². The molecule has 0 saturated heterocycles. The van der Waals surface area contributed by atoms with Gasteiger partial charge in [0.1, 0.15) is 24.7 Å². The van der Waals surface area contributed by atoms with Crippen molar-refractivity contribution in [2.24, 2.45) is 5.10 Å². The smallest absolute Gasteiger partial charge is 0.378 e. The molecule has 24 heavy (non-hydrogen) atoms. The summed E-state index contributed by atoms with van der Waals surface area (Å²) in [6, 6.07) is 17.2. The topological polar surface area (TPSA) is 71.2 Å². The summed E-state index contributed by atoms with van der Waals surface area (Å²) >= 11 is 0. The Morgan fingerprint density at radius 3 is 2.58 bits per heavy atom. The first-order valence-electron chi connectivity index (χ1n) is 7.56. The molecule has 1 aliphatic heterocycles. The largest absolute Gasteiger partial charge is 0.494 e. The van der Waals surface area contributed by atoms with Crippen LogP contribution in [0.4, 0.5) is 5.69 Å². The second-order valence-corrected chi connectivity index (χ2v) is 5.46. The van der Waals surface area contributed by atoms with Crippen molar-refractivity contribution in [2.45, 2.75) is 6.54 Å². The molecule has 0 N–H and O–H groups in total. The summed E-state index contributed by atoms with van der Waals surface area (Å²) in [7, 11) is 1.57. The molecular formula is C17H18N4O3. The Morgan fingerprint density at radius 1 is 1.17 bits per heavy atom. The molecule has 124 valence electrons.